The molecule has 0 aromatic heterocycles. The Balaban J connectivity index is 2.08. The Morgan fingerprint density at radius 2 is 1.91 bits per heavy atom. The lowest BCUT2D eigenvalue weighted by Crippen LogP contribution is -2.18. The summed E-state index contributed by atoms with van der Waals surface area (Å²) in [5.41, 5.74) is 2.32. The van der Waals surface area contributed by atoms with Crippen molar-refractivity contribution in [2.24, 2.45) is 0 Å². The van der Waals surface area contributed by atoms with Crippen molar-refractivity contribution in [1.82, 2.24) is 5.32 Å². The van der Waals surface area contributed by atoms with E-state index in [1.165, 1.54) is 5.56 Å². The molecule has 0 spiro atoms. The van der Waals surface area contributed by atoms with Crippen molar-refractivity contribution in [1.29, 1.82) is 0 Å². The Hall–Kier alpha value is -1.71. The molecule has 22 heavy (non-hydrogen) atoms. The van der Waals surface area contributed by atoms with Gasteiger partial charge >= 0.3 is 0 Å². The van der Waals surface area contributed by atoms with Crippen molar-refractivity contribution in [2.75, 3.05) is 13.7 Å². The topological polar surface area (TPSA) is 30.5 Å². The van der Waals surface area contributed by atoms with Crippen LogP contribution in [-0.2, 0) is 6.54 Å². The van der Waals surface area contributed by atoms with Crippen molar-refractivity contribution in [2.45, 2.75) is 26.4 Å². The minimum atomic E-state index is 0.262. The molecule has 0 fully saturated rings. The molecule has 2 aromatic carbocycles. The van der Waals surface area contributed by atoms with Gasteiger partial charge in [0.15, 0.2) is 11.5 Å². The van der Waals surface area contributed by atoms with Gasteiger partial charge in [-0.3, -0.25) is 0 Å². The quantitative estimate of drug-likeness (QED) is 0.809. The Morgan fingerprint density at radius 1 is 1.18 bits per heavy atom. The number of methoxy groups -OCH3 is 1. The summed E-state index contributed by atoms with van der Waals surface area (Å²) in [6.07, 6.45) is 0. The van der Waals surface area contributed by atoms with Gasteiger partial charge in [0.1, 0.15) is 0 Å². The second-order valence-corrected chi connectivity index (χ2v) is 5.46. The summed E-state index contributed by atoms with van der Waals surface area (Å²) in [4.78, 5) is 0. The summed E-state index contributed by atoms with van der Waals surface area (Å²) in [6.45, 7) is 5.33. The first kappa shape index (κ1) is 16.7. The van der Waals surface area contributed by atoms with Crippen LogP contribution in [0.2, 0.25) is 5.02 Å². The minimum Gasteiger partial charge on any atom is -0.493 e. The number of benzene rings is 2. The third-order valence-electron chi connectivity index (χ3n) is 3.49. The van der Waals surface area contributed by atoms with E-state index >= 15 is 0 Å². The molecule has 4 heteroatoms. The Labute approximate surface area is 137 Å². The predicted octanol–water partition coefficient (Wildman–Crippen LogP) is 4.60. The van der Waals surface area contributed by atoms with E-state index in [9.17, 15) is 0 Å². The molecule has 0 saturated heterocycles. The fraction of sp³-hybridized carbons (Fsp3) is 0.333. The molecule has 1 N–H and O–H groups in total. The van der Waals surface area contributed by atoms with Crippen molar-refractivity contribution >= 4 is 11.6 Å². The van der Waals surface area contributed by atoms with Gasteiger partial charge in [-0.15, -0.1) is 0 Å². The molecule has 118 valence electrons. The van der Waals surface area contributed by atoms with Crippen molar-refractivity contribution in [3.05, 3.63) is 58.6 Å². The molecular formula is C18H22ClNO2. The zero-order valence-electron chi connectivity index (χ0n) is 13.2. The summed E-state index contributed by atoms with van der Waals surface area (Å²) in [5, 5.41) is 4.06. The van der Waals surface area contributed by atoms with Gasteiger partial charge in [0.25, 0.3) is 0 Å². The molecule has 1 unspecified atom stereocenters. The lowest BCUT2D eigenvalue weighted by atomic mass is 10.1. The summed E-state index contributed by atoms with van der Waals surface area (Å²) in [7, 11) is 1.62. The molecule has 1 atom stereocenters. The molecule has 0 saturated carbocycles. The summed E-state index contributed by atoms with van der Waals surface area (Å²) < 4.78 is 10.9. The summed E-state index contributed by atoms with van der Waals surface area (Å²) in [5.74, 6) is 1.27. The number of rotatable bonds is 7. The van der Waals surface area contributed by atoms with Crippen LogP contribution in [0.5, 0.6) is 11.5 Å². The lowest BCUT2D eigenvalue weighted by Gasteiger charge is -2.16. The number of ether oxygens (including phenoxy) is 2. The molecule has 0 aliphatic rings. The van der Waals surface area contributed by atoms with Gasteiger partial charge in [0.2, 0.25) is 0 Å². The Kier molecular flexibility index (Phi) is 6.10. The van der Waals surface area contributed by atoms with Gasteiger partial charge in [-0.05, 0) is 37.1 Å². The predicted molar refractivity (Wildman–Crippen MR) is 90.9 cm³/mol. The van der Waals surface area contributed by atoms with Crippen LogP contribution in [0.1, 0.15) is 31.0 Å². The van der Waals surface area contributed by atoms with Crippen LogP contribution < -0.4 is 14.8 Å². The summed E-state index contributed by atoms with van der Waals surface area (Å²) in [6, 6.07) is 14.5. The smallest absolute Gasteiger partial charge is 0.179 e. The SMILES string of the molecule is CCOc1c(Cl)cc(CNC(C)c2ccccc2)cc1OC. The maximum atomic E-state index is 6.29. The van der Waals surface area contributed by atoms with E-state index in [0.29, 0.717) is 29.7 Å². The highest BCUT2D eigenvalue weighted by Crippen LogP contribution is 2.36. The lowest BCUT2D eigenvalue weighted by molar-refractivity contribution is 0.311. The monoisotopic (exact) mass is 319 g/mol. The van der Waals surface area contributed by atoms with Crippen LogP contribution in [0, 0.1) is 0 Å². The first-order chi connectivity index (χ1) is 10.7. The van der Waals surface area contributed by atoms with Crippen LogP contribution in [0.3, 0.4) is 0 Å². The van der Waals surface area contributed by atoms with Gasteiger partial charge < -0.3 is 14.8 Å². The summed E-state index contributed by atoms with van der Waals surface area (Å²) >= 11 is 6.29. The molecule has 3 nitrogen and oxygen atoms in total. The van der Waals surface area contributed by atoms with Gasteiger partial charge in [-0.1, -0.05) is 41.9 Å². The fourth-order valence-electron chi connectivity index (χ4n) is 2.29. The average Bonchev–Trinajstić information content (AvgIpc) is 2.55. The number of halogens is 1. The molecule has 0 radical (unpaired) electrons. The van der Waals surface area contributed by atoms with E-state index in [4.69, 9.17) is 21.1 Å². The van der Waals surface area contributed by atoms with E-state index in [2.05, 4.69) is 24.4 Å². The molecule has 2 aromatic rings. The standard InChI is InChI=1S/C18H22ClNO2/c1-4-22-18-16(19)10-14(11-17(18)21-3)12-20-13(2)15-8-6-5-7-9-15/h5-11,13,20H,4,12H2,1-3H3. The number of nitrogens with one attached hydrogen (secondary N) is 1. The van der Waals surface area contributed by atoms with E-state index in [0.717, 1.165) is 5.56 Å². The van der Waals surface area contributed by atoms with Crippen LogP contribution in [0.25, 0.3) is 0 Å². The highest BCUT2D eigenvalue weighted by molar-refractivity contribution is 6.32. The number of hydrogen-bond acceptors (Lipinski definition) is 3. The maximum absolute atomic E-state index is 6.29. The van der Waals surface area contributed by atoms with Crippen LogP contribution in [0.15, 0.2) is 42.5 Å². The minimum absolute atomic E-state index is 0.262. The normalized spacial score (nSPS) is 12.0. The number of hydrogen-bond donors (Lipinski definition) is 1. The highest BCUT2D eigenvalue weighted by atomic mass is 35.5. The third-order valence-corrected chi connectivity index (χ3v) is 3.77. The molecule has 0 heterocycles. The first-order valence-electron chi connectivity index (χ1n) is 7.43. The van der Waals surface area contributed by atoms with Gasteiger partial charge in [-0.25, -0.2) is 0 Å². The van der Waals surface area contributed by atoms with E-state index in [1.807, 2.05) is 37.3 Å². The van der Waals surface area contributed by atoms with E-state index in [-0.39, 0.29) is 6.04 Å². The van der Waals surface area contributed by atoms with Crippen molar-refractivity contribution < 1.29 is 9.47 Å². The van der Waals surface area contributed by atoms with E-state index in [1.54, 1.807) is 7.11 Å². The molecular weight excluding hydrogens is 298 g/mol. The molecule has 0 aliphatic heterocycles. The van der Waals surface area contributed by atoms with Gasteiger partial charge in [0, 0.05) is 12.6 Å². The van der Waals surface area contributed by atoms with Gasteiger partial charge in [0.05, 0.1) is 18.7 Å². The zero-order chi connectivity index (χ0) is 15.9. The Morgan fingerprint density at radius 3 is 2.55 bits per heavy atom. The second-order valence-electron chi connectivity index (χ2n) is 5.06. The van der Waals surface area contributed by atoms with Gasteiger partial charge in [-0.2, -0.15) is 0 Å². The zero-order valence-corrected chi connectivity index (χ0v) is 14.0. The first-order valence-corrected chi connectivity index (χ1v) is 7.81. The third kappa shape index (κ3) is 4.15. The van der Waals surface area contributed by atoms with Crippen molar-refractivity contribution in [3.63, 3.8) is 0 Å². The molecule has 0 bridgehead atoms. The molecule has 0 aliphatic carbocycles. The largest absolute Gasteiger partial charge is 0.493 e. The van der Waals surface area contributed by atoms with Crippen molar-refractivity contribution in [3.8, 4) is 11.5 Å². The van der Waals surface area contributed by atoms with Crippen LogP contribution >= 0.6 is 11.6 Å². The Bertz CT molecular complexity index is 602. The average molecular weight is 320 g/mol. The fourth-order valence-corrected chi connectivity index (χ4v) is 2.58. The van der Waals surface area contributed by atoms with Crippen LogP contribution in [-0.4, -0.2) is 13.7 Å². The highest BCUT2D eigenvalue weighted by Gasteiger charge is 2.12. The van der Waals surface area contributed by atoms with E-state index < -0.39 is 0 Å². The maximum Gasteiger partial charge on any atom is 0.179 e. The second kappa shape index (κ2) is 8.06. The molecule has 0 amide bonds. The van der Waals surface area contributed by atoms with Crippen LogP contribution in [0.4, 0.5) is 0 Å². The molecule has 2 rings (SSSR count).